The van der Waals surface area contributed by atoms with E-state index in [-0.39, 0.29) is 18.9 Å². The molecule has 1 aromatic heterocycles. The predicted molar refractivity (Wildman–Crippen MR) is 101 cm³/mol. The van der Waals surface area contributed by atoms with Gasteiger partial charge in [-0.05, 0) is 30.4 Å². The van der Waals surface area contributed by atoms with Gasteiger partial charge < -0.3 is 10.4 Å². The molecule has 8 heteroatoms. The minimum Gasteiger partial charge on any atom is -0.465 e. The van der Waals surface area contributed by atoms with E-state index in [4.69, 9.17) is 0 Å². The fourth-order valence-electron chi connectivity index (χ4n) is 3.78. The van der Waals surface area contributed by atoms with Crippen LogP contribution in [0.4, 0.5) is 13.6 Å². The number of carbonyl (C=O) groups is 2. The lowest BCUT2D eigenvalue weighted by Crippen LogP contribution is -2.46. The van der Waals surface area contributed by atoms with E-state index in [2.05, 4.69) is 10.3 Å². The molecule has 0 spiro atoms. The Morgan fingerprint density at radius 2 is 1.90 bits per heavy atom. The summed E-state index contributed by atoms with van der Waals surface area (Å²) in [6.45, 7) is -0.341. The van der Waals surface area contributed by atoms with Crippen LogP contribution in [0.1, 0.15) is 48.0 Å². The normalized spacial score (nSPS) is 22.3. The topological polar surface area (TPSA) is 82.5 Å². The summed E-state index contributed by atoms with van der Waals surface area (Å²) in [7, 11) is 0. The molecule has 2 fully saturated rings. The second-order valence-corrected chi connectivity index (χ2v) is 7.53. The number of benzene rings is 1. The van der Waals surface area contributed by atoms with E-state index in [1.165, 1.54) is 0 Å². The number of carbonyl (C=O) groups excluding carboxylic acids is 1. The highest BCUT2D eigenvalue weighted by molar-refractivity contribution is 5.86. The van der Waals surface area contributed by atoms with Gasteiger partial charge in [0.15, 0.2) is 0 Å². The summed E-state index contributed by atoms with van der Waals surface area (Å²) in [5.41, 5.74) is 1.55. The van der Waals surface area contributed by atoms with Crippen LogP contribution in [-0.2, 0) is 4.79 Å². The van der Waals surface area contributed by atoms with E-state index in [0.717, 1.165) is 17.7 Å². The molecule has 4 rings (SSSR count). The molecule has 29 heavy (non-hydrogen) atoms. The van der Waals surface area contributed by atoms with Crippen LogP contribution in [0.15, 0.2) is 42.5 Å². The Hall–Kier alpha value is -3.03. The Labute approximate surface area is 166 Å². The number of nitrogens with zero attached hydrogens (tertiary/aromatic N) is 2. The lowest BCUT2D eigenvalue weighted by molar-refractivity contribution is -0.125. The average molecular weight is 401 g/mol. The summed E-state index contributed by atoms with van der Waals surface area (Å²) in [6, 6.07) is 10.3. The Balaban J connectivity index is 1.62. The minimum atomic E-state index is -1.40. The summed E-state index contributed by atoms with van der Waals surface area (Å²) in [5, 5.41) is 12.0. The van der Waals surface area contributed by atoms with Crippen molar-refractivity contribution in [3.05, 3.63) is 65.2 Å². The standard InChI is InChI=1S/C21H21F2N3O3/c22-14-10-17(26(11-14)21(28)29)20(27)25-18(13-4-2-1-3-5-13)16-9-8-15(12-6-7-12)19(23)24-16/h1-5,8-9,12,14,17-18H,6-7,10-11H2,(H,25,27)(H,28,29). The summed E-state index contributed by atoms with van der Waals surface area (Å²) < 4.78 is 28.3. The Morgan fingerprint density at radius 1 is 1.17 bits per heavy atom. The Morgan fingerprint density at radius 3 is 2.52 bits per heavy atom. The maximum absolute atomic E-state index is 14.5. The van der Waals surface area contributed by atoms with Crippen LogP contribution in [0.25, 0.3) is 0 Å². The van der Waals surface area contributed by atoms with E-state index in [1.807, 2.05) is 6.07 Å². The van der Waals surface area contributed by atoms with Crippen molar-refractivity contribution in [2.75, 3.05) is 6.54 Å². The first-order valence-electron chi connectivity index (χ1n) is 9.59. The number of pyridine rings is 1. The molecule has 152 valence electrons. The molecule has 3 unspecified atom stereocenters. The molecule has 1 saturated carbocycles. The Kier molecular flexibility index (Phi) is 5.17. The van der Waals surface area contributed by atoms with Gasteiger partial charge in [0.1, 0.15) is 12.2 Å². The van der Waals surface area contributed by atoms with Crippen molar-refractivity contribution >= 4 is 12.0 Å². The smallest absolute Gasteiger partial charge is 0.408 e. The first-order chi connectivity index (χ1) is 13.9. The molecule has 6 nitrogen and oxygen atoms in total. The number of amides is 2. The monoisotopic (exact) mass is 401 g/mol. The van der Waals surface area contributed by atoms with Gasteiger partial charge in [-0.1, -0.05) is 36.4 Å². The van der Waals surface area contributed by atoms with E-state index in [9.17, 15) is 23.5 Å². The first-order valence-corrected chi connectivity index (χ1v) is 9.59. The second kappa shape index (κ2) is 7.77. The van der Waals surface area contributed by atoms with E-state index in [1.54, 1.807) is 36.4 Å². The number of hydrogen-bond acceptors (Lipinski definition) is 3. The number of nitrogens with one attached hydrogen (secondary N) is 1. The summed E-state index contributed by atoms with van der Waals surface area (Å²) in [4.78, 5) is 29.1. The fraction of sp³-hybridized carbons (Fsp3) is 0.381. The van der Waals surface area contributed by atoms with Gasteiger partial charge in [0.2, 0.25) is 11.9 Å². The van der Waals surface area contributed by atoms with Gasteiger partial charge in [-0.2, -0.15) is 4.39 Å². The van der Waals surface area contributed by atoms with Crippen molar-refractivity contribution in [1.82, 2.24) is 15.2 Å². The zero-order chi connectivity index (χ0) is 20.5. The lowest BCUT2D eigenvalue weighted by atomic mass is 10.0. The number of carboxylic acid groups (broad SMARTS) is 1. The van der Waals surface area contributed by atoms with Crippen LogP contribution in [0, 0.1) is 5.95 Å². The molecule has 1 aliphatic carbocycles. The first kappa shape index (κ1) is 19.3. The molecule has 2 aliphatic rings. The summed E-state index contributed by atoms with van der Waals surface area (Å²) in [6.07, 6.45) is -1.07. The third-order valence-corrected chi connectivity index (χ3v) is 5.43. The zero-order valence-corrected chi connectivity index (χ0v) is 15.6. The van der Waals surface area contributed by atoms with Crippen LogP contribution in [-0.4, -0.2) is 45.7 Å². The van der Waals surface area contributed by atoms with Gasteiger partial charge in [0.05, 0.1) is 18.3 Å². The highest BCUT2D eigenvalue weighted by Gasteiger charge is 2.41. The number of alkyl halides is 1. The van der Waals surface area contributed by atoms with Crippen LogP contribution < -0.4 is 5.32 Å². The number of rotatable bonds is 5. The van der Waals surface area contributed by atoms with Crippen LogP contribution in [0.3, 0.4) is 0 Å². The summed E-state index contributed by atoms with van der Waals surface area (Å²) >= 11 is 0. The fourth-order valence-corrected chi connectivity index (χ4v) is 3.78. The lowest BCUT2D eigenvalue weighted by Gasteiger charge is -2.25. The van der Waals surface area contributed by atoms with Crippen LogP contribution in [0.2, 0.25) is 0 Å². The predicted octanol–water partition coefficient (Wildman–Crippen LogP) is 3.39. The molecule has 0 bridgehead atoms. The molecular formula is C21H21F2N3O3. The average Bonchev–Trinajstić information content (AvgIpc) is 3.47. The number of hydrogen-bond donors (Lipinski definition) is 2. The molecule has 1 aliphatic heterocycles. The maximum Gasteiger partial charge on any atom is 0.408 e. The molecular weight excluding hydrogens is 380 g/mol. The van der Waals surface area contributed by atoms with Crippen molar-refractivity contribution in [2.45, 2.75) is 43.4 Å². The maximum atomic E-state index is 14.5. The molecule has 2 aromatic rings. The van der Waals surface area contributed by atoms with Crippen LogP contribution >= 0.6 is 0 Å². The van der Waals surface area contributed by atoms with Crippen molar-refractivity contribution < 1.29 is 23.5 Å². The van der Waals surface area contributed by atoms with Crippen LogP contribution in [0.5, 0.6) is 0 Å². The van der Waals surface area contributed by atoms with Gasteiger partial charge in [-0.3, -0.25) is 9.69 Å². The molecule has 1 saturated heterocycles. The second-order valence-electron chi connectivity index (χ2n) is 7.53. The number of aromatic nitrogens is 1. The van der Waals surface area contributed by atoms with Crippen molar-refractivity contribution in [3.63, 3.8) is 0 Å². The molecule has 1 aromatic carbocycles. The van der Waals surface area contributed by atoms with E-state index in [0.29, 0.717) is 16.8 Å². The van der Waals surface area contributed by atoms with Gasteiger partial charge in [0.25, 0.3) is 0 Å². The van der Waals surface area contributed by atoms with Gasteiger partial charge in [-0.15, -0.1) is 0 Å². The molecule has 2 N–H and O–H groups in total. The van der Waals surface area contributed by atoms with E-state index < -0.39 is 36.2 Å². The van der Waals surface area contributed by atoms with Crippen molar-refractivity contribution in [2.24, 2.45) is 0 Å². The van der Waals surface area contributed by atoms with Crippen molar-refractivity contribution in [1.29, 1.82) is 0 Å². The third kappa shape index (κ3) is 4.06. The highest BCUT2D eigenvalue weighted by atomic mass is 19.1. The molecule has 0 radical (unpaired) electrons. The molecule has 3 atom stereocenters. The largest absolute Gasteiger partial charge is 0.465 e. The highest BCUT2D eigenvalue weighted by Crippen LogP contribution is 2.41. The van der Waals surface area contributed by atoms with Crippen molar-refractivity contribution in [3.8, 4) is 0 Å². The van der Waals surface area contributed by atoms with Gasteiger partial charge in [0, 0.05) is 12.0 Å². The quantitative estimate of drug-likeness (QED) is 0.753. The zero-order valence-electron chi connectivity index (χ0n) is 15.6. The minimum absolute atomic E-state index is 0.199. The van der Waals surface area contributed by atoms with E-state index >= 15 is 0 Å². The third-order valence-electron chi connectivity index (χ3n) is 5.43. The number of likely N-dealkylation sites (tertiary alicyclic amines) is 1. The van der Waals surface area contributed by atoms with Gasteiger partial charge >= 0.3 is 6.09 Å². The number of halogens is 2. The SMILES string of the molecule is O=C(NC(c1ccccc1)c1ccc(C2CC2)c(F)n1)C1CC(F)CN1C(=O)O. The summed E-state index contributed by atoms with van der Waals surface area (Å²) in [5.74, 6) is -0.989. The molecule has 2 heterocycles. The molecule has 2 amide bonds. The Bertz CT molecular complexity index is 921. The van der Waals surface area contributed by atoms with Gasteiger partial charge in [-0.25, -0.2) is 14.2 Å².